The molecule has 0 radical (unpaired) electrons. The zero-order valence-corrected chi connectivity index (χ0v) is 19.7. The van der Waals surface area contributed by atoms with E-state index >= 15 is 0 Å². The van der Waals surface area contributed by atoms with Crippen LogP contribution in [0.15, 0.2) is 71.9 Å². The summed E-state index contributed by atoms with van der Waals surface area (Å²) < 4.78 is 11.5. The first-order valence-electron chi connectivity index (χ1n) is 11.5. The van der Waals surface area contributed by atoms with Gasteiger partial charge in [0.25, 0.3) is 0 Å². The predicted octanol–water partition coefficient (Wildman–Crippen LogP) is 0.565. The van der Waals surface area contributed by atoms with Crippen LogP contribution < -0.4 is 5.26 Å². The van der Waals surface area contributed by atoms with Crippen molar-refractivity contribution in [3.8, 4) is 0 Å². The highest BCUT2D eigenvalue weighted by Crippen LogP contribution is 2.73. The van der Waals surface area contributed by atoms with Gasteiger partial charge in [-0.15, -0.1) is 0 Å². The molecule has 2 bridgehead atoms. The van der Waals surface area contributed by atoms with E-state index in [2.05, 4.69) is 4.89 Å². The Morgan fingerprint density at radius 3 is 2.42 bits per heavy atom. The third-order valence-electron chi connectivity index (χ3n) is 8.24. The first-order valence-corrected chi connectivity index (χ1v) is 11.5. The van der Waals surface area contributed by atoms with Crippen molar-refractivity contribution in [2.75, 3.05) is 7.11 Å². The molecule has 0 fully saturated rings. The highest BCUT2D eigenvalue weighted by molar-refractivity contribution is 6.24. The van der Waals surface area contributed by atoms with E-state index in [1.807, 2.05) is 0 Å². The normalized spacial score (nSPS) is 40.9. The molecule has 1 aromatic rings. The molecule has 6 rings (SSSR count). The Balaban J connectivity index is 1.85. The quantitative estimate of drug-likeness (QED) is 0.152. The van der Waals surface area contributed by atoms with E-state index in [0.717, 1.165) is 7.11 Å². The number of esters is 1. The molecule has 36 heavy (non-hydrogen) atoms. The SMILES string of the molecule is COC(=O)C12C(=O)c3ccccc3C(O)(C3=C1C(O)(O[O-])C1C=CC=CC1C3=O)C21C=CC(C)(C)O1. The molecule has 1 heterocycles. The van der Waals surface area contributed by atoms with E-state index in [-0.39, 0.29) is 11.1 Å². The molecule has 0 amide bonds. The molecule has 2 N–H and O–H groups in total. The number of carbonyl (C=O) groups is 3. The van der Waals surface area contributed by atoms with Gasteiger partial charge in [-0.1, -0.05) is 54.6 Å². The zero-order valence-electron chi connectivity index (χ0n) is 19.7. The molecule has 186 valence electrons. The maximum absolute atomic E-state index is 14.5. The minimum Gasteiger partial charge on any atom is -0.721 e. The van der Waals surface area contributed by atoms with Crippen molar-refractivity contribution >= 4 is 17.5 Å². The lowest BCUT2D eigenvalue weighted by Gasteiger charge is -2.53. The van der Waals surface area contributed by atoms with Crippen LogP contribution in [0.3, 0.4) is 0 Å². The summed E-state index contributed by atoms with van der Waals surface area (Å²) in [7, 11) is 1.04. The van der Waals surface area contributed by atoms with Crippen molar-refractivity contribution < 1.29 is 44.2 Å². The fraction of sp³-hybridized carbons (Fsp3) is 0.370. The molecule has 1 spiro atoms. The Morgan fingerprint density at radius 2 is 1.78 bits per heavy atom. The summed E-state index contributed by atoms with van der Waals surface area (Å²) in [5.74, 6) is -8.02. The second kappa shape index (κ2) is 6.76. The van der Waals surface area contributed by atoms with Crippen LogP contribution in [0.5, 0.6) is 0 Å². The van der Waals surface area contributed by atoms with E-state index in [4.69, 9.17) is 9.47 Å². The average molecular weight is 491 g/mol. The molecule has 9 heteroatoms. The van der Waals surface area contributed by atoms with Crippen LogP contribution in [-0.2, 0) is 29.6 Å². The number of Topliss-reactive ketones (excluding diaryl/α,β-unsaturated/α-hetero) is 2. The number of benzene rings is 1. The van der Waals surface area contributed by atoms with Gasteiger partial charge < -0.3 is 29.8 Å². The van der Waals surface area contributed by atoms with Gasteiger partial charge in [-0.2, -0.15) is 0 Å². The van der Waals surface area contributed by atoms with E-state index in [9.17, 15) is 29.9 Å². The van der Waals surface area contributed by atoms with Crippen molar-refractivity contribution in [1.82, 2.24) is 0 Å². The van der Waals surface area contributed by atoms with Crippen LogP contribution in [0.25, 0.3) is 0 Å². The maximum Gasteiger partial charge on any atom is 0.327 e. The summed E-state index contributed by atoms with van der Waals surface area (Å²) >= 11 is 0. The molecule has 6 unspecified atom stereocenters. The molecule has 0 saturated carbocycles. The van der Waals surface area contributed by atoms with Crippen molar-refractivity contribution in [2.24, 2.45) is 17.3 Å². The summed E-state index contributed by atoms with van der Waals surface area (Å²) in [5, 5.41) is 37.1. The fourth-order valence-electron chi connectivity index (χ4n) is 6.93. The number of hydrogen-bond donors (Lipinski definition) is 2. The molecular weight excluding hydrogens is 468 g/mol. The molecule has 5 aliphatic rings. The predicted molar refractivity (Wildman–Crippen MR) is 119 cm³/mol. The van der Waals surface area contributed by atoms with E-state index in [0.29, 0.717) is 0 Å². The highest BCUT2D eigenvalue weighted by Gasteiger charge is 2.87. The van der Waals surface area contributed by atoms with Gasteiger partial charge >= 0.3 is 5.97 Å². The van der Waals surface area contributed by atoms with Crippen molar-refractivity contribution in [3.05, 3.63) is 83.0 Å². The van der Waals surface area contributed by atoms with Crippen LogP contribution in [0.1, 0.15) is 29.8 Å². The van der Waals surface area contributed by atoms with Crippen molar-refractivity contribution in [2.45, 2.75) is 36.4 Å². The minimum atomic E-state index is -2.87. The van der Waals surface area contributed by atoms with Crippen LogP contribution >= 0.6 is 0 Å². The smallest absolute Gasteiger partial charge is 0.327 e. The fourth-order valence-corrected chi connectivity index (χ4v) is 6.93. The van der Waals surface area contributed by atoms with Crippen LogP contribution in [-0.4, -0.2) is 51.8 Å². The molecule has 1 aromatic carbocycles. The number of carbonyl (C=O) groups excluding carboxylic acids is 3. The standard InChI is InChI=1S/C27H24O9/c1-23(2)12-13-24(35-23)25(22(30)34-3)20-18(26(24,31)16-10-6-5-9-15(16)21(25)29)19(28)14-8-4-7-11-17(14)27(20,32)36-33/h4-14,17,31-33H,1-3H3/p-1. The number of aliphatic hydroxyl groups is 2. The average Bonchev–Trinajstić information content (AvgIpc) is 3.29. The van der Waals surface area contributed by atoms with Gasteiger partial charge in [0, 0.05) is 28.2 Å². The topological polar surface area (TPSA) is 142 Å². The number of methoxy groups -OCH3 is 1. The van der Waals surface area contributed by atoms with Gasteiger partial charge in [0.2, 0.25) is 0 Å². The number of ketones is 2. The molecule has 1 aliphatic heterocycles. The lowest BCUT2D eigenvalue weighted by atomic mass is 9.55. The number of rotatable bonds is 2. The third kappa shape index (κ3) is 2.15. The van der Waals surface area contributed by atoms with E-state index in [1.165, 1.54) is 36.4 Å². The first kappa shape index (κ1) is 23.2. The first-order chi connectivity index (χ1) is 17.0. The Hall–Kier alpha value is -3.21. The monoisotopic (exact) mass is 491 g/mol. The van der Waals surface area contributed by atoms with Gasteiger partial charge in [-0.25, -0.2) is 0 Å². The summed E-state index contributed by atoms with van der Waals surface area (Å²) in [6.07, 6.45) is 8.90. The number of fused-ring (bicyclic) bond motifs is 5. The van der Waals surface area contributed by atoms with Crippen LogP contribution in [0, 0.1) is 17.3 Å². The Bertz CT molecular complexity index is 1380. The zero-order chi connectivity index (χ0) is 25.9. The lowest BCUT2D eigenvalue weighted by Crippen LogP contribution is -2.69. The molecular formula is C27H23O9-. The van der Waals surface area contributed by atoms with Crippen molar-refractivity contribution in [1.29, 1.82) is 0 Å². The van der Waals surface area contributed by atoms with Crippen LogP contribution in [0.4, 0.5) is 0 Å². The minimum absolute atomic E-state index is 0.0114. The Morgan fingerprint density at radius 1 is 1.08 bits per heavy atom. The highest BCUT2D eigenvalue weighted by atomic mass is 17.1. The third-order valence-corrected chi connectivity index (χ3v) is 8.24. The maximum atomic E-state index is 14.5. The molecule has 6 atom stereocenters. The largest absolute Gasteiger partial charge is 0.721 e. The molecule has 9 nitrogen and oxygen atoms in total. The second-order valence-electron chi connectivity index (χ2n) is 10.3. The summed E-state index contributed by atoms with van der Waals surface area (Å²) in [4.78, 5) is 47.0. The van der Waals surface area contributed by atoms with Gasteiger partial charge in [-0.3, -0.25) is 14.4 Å². The van der Waals surface area contributed by atoms with Crippen LogP contribution in [0.2, 0.25) is 0 Å². The Labute approximate surface area is 205 Å². The van der Waals surface area contributed by atoms with Gasteiger partial charge in [0.15, 0.2) is 34.0 Å². The second-order valence-corrected chi connectivity index (χ2v) is 10.3. The summed E-state index contributed by atoms with van der Waals surface area (Å²) in [6.45, 7) is 3.30. The molecule has 0 aromatic heterocycles. The molecule has 4 aliphatic carbocycles. The molecule has 0 saturated heterocycles. The van der Waals surface area contributed by atoms with Gasteiger partial charge in [0.1, 0.15) is 0 Å². The number of hydrogen-bond acceptors (Lipinski definition) is 9. The van der Waals surface area contributed by atoms with E-state index in [1.54, 1.807) is 38.1 Å². The Kier molecular flexibility index (Phi) is 4.35. The van der Waals surface area contributed by atoms with E-state index < -0.39 is 68.5 Å². The van der Waals surface area contributed by atoms with Gasteiger partial charge in [0.05, 0.1) is 18.6 Å². The lowest BCUT2D eigenvalue weighted by molar-refractivity contribution is -0.736. The summed E-state index contributed by atoms with van der Waals surface area (Å²) in [6, 6.07) is 5.98. The number of allylic oxidation sites excluding steroid dienone is 3. The summed E-state index contributed by atoms with van der Waals surface area (Å²) in [5.41, 5.74) is -9.63. The van der Waals surface area contributed by atoms with Crippen molar-refractivity contribution in [3.63, 3.8) is 0 Å². The van der Waals surface area contributed by atoms with Gasteiger partial charge in [-0.05, 0) is 19.9 Å². The number of ether oxygens (including phenoxy) is 2.